The van der Waals surface area contributed by atoms with Crippen molar-refractivity contribution in [1.82, 2.24) is 15.5 Å². The Kier molecular flexibility index (Phi) is 11.7. The second kappa shape index (κ2) is 13.7. The van der Waals surface area contributed by atoms with Crippen molar-refractivity contribution in [2.45, 2.75) is 32.6 Å². The summed E-state index contributed by atoms with van der Waals surface area (Å²) in [6.45, 7) is 5.43. The van der Waals surface area contributed by atoms with Gasteiger partial charge >= 0.3 is 0 Å². The first-order chi connectivity index (χ1) is 12.1. The van der Waals surface area contributed by atoms with Crippen LogP contribution >= 0.6 is 11.3 Å². The normalized spacial score (nSPS) is 11.4. The molecule has 0 radical (unpaired) electrons. The average Bonchev–Trinajstić information content (AvgIpc) is 3.11. The summed E-state index contributed by atoms with van der Waals surface area (Å²) in [6, 6.07) is 4.18. The van der Waals surface area contributed by atoms with E-state index in [0.29, 0.717) is 5.96 Å². The van der Waals surface area contributed by atoms with E-state index in [2.05, 4.69) is 40.1 Å². The van der Waals surface area contributed by atoms with E-state index < -0.39 is 0 Å². The summed E-state index contributed by atoms with van der Waals surface area (Å²) in [6.07, 6.45) is 4.12. The van der Waals surface area contributed by atoms with Gasteiger partial charge < -0.3 is 20.3 Å². The van der Waals surface area contributed by atoms with Crippen molar-refractivity contribution in [1.29, 1.82) is 0 Å². The van der Waals surface area contributed by atoms with Crippen LogP contribution < -0.4 is 10.6 Å². The molecule has 142 valence electrons. The van der Waals surface area contributed by atoms with E-state index in [1.165, 1.54) is 4.88 Å². The van der Waals surface area contributed by atoms with Crippen molar-refractivity contribution in [3.05, 3.63) is 22.4 Å². The van der Waals surface area contributed by atoms with E-state index in [0.717, 1.165) is 52.0 Å². The second-order valence-electron chi connectivity index (χ2n) is 5.96. The minimum atomic E-state index is -0.0118. The molecule has 1 heterocycles. The monoisotopic (exact) mass is 368 g/mol. The Morgan fingerprint density at radius 3 is 2.68 bits per heavy atom. The van der Waals surface area contributed by atoms with Crippen molar-refractivity contribution in [3.63, 3.8) is 0 Å². The Morgan fingerprint density at radius 2 is 2.00 bits per heavy atom. The first kappa shape index (κ1) is 21.4. The summed E-state index contributed by atoms with van der Waals surface area (Å²) in [4.78, 5) is 19.0. The van der Waals surface area contributed by atoms with Gasteiger partial charge in [-0.25, -0.2) is 4.99 Å². The van der Waals surface area contributed by atoms with Crippen LogP contribution in [0.4, 0.5) is 0 Å². The number of thiophene rings is 1. The lowest BCUT2D eigenvalue weighted by Crippen LogP contribution is -2.40. The van der Waals surface area contributed by atoms with Gasteiger partial charge in [-0.15, -0.1) is 11.3 Å². The third-order valence-corrected chi connectivity index (χ3v) is 4.45. The molecule has 1 aromatic heterocycles. The number of ether oxygens (including phenoxy) is 1. The fourth-order valence-corrected chi connectivity index (χ4v) is 2.66. The smallest absolute Gasteiger partial charge is 0.243 e. The van der Waals surface area contributed by atoms with Gasteiger partial charge in [-0.3, -0.25) is 4.79 Å². The summed E-state index contributed by atoms with van der Waals surface area (Å²) < 4.78 is 5.56. The van der Waals surface area contributed by atoms with E-state index in [-0.39, 0.29) is 12.5 Å². The minimum Gasteiger partial charge on any atom is -0.381 e. The van der Waals surface area contributed by atoms with Crippen LogP contribution in [0.2, 0.25) is 0 Å². The lowest BCUT2D eigenvalue weighted by atomic mass is 10.3. The molecule has 1 aromatic rings. The Hall–Kier alpha value is -1.60. The Labute approximate surface area is 155 Å². The number of carbonyl (C=O) groups excluding carboxylic acids is 1. The number of hydrogen-bond donors (Lipinski definition) is 2. The maximum Gasteiger partial charge on any atom is 0.243 e. The number of carbonyl (C=O) groups is 1. The fraction of sp³-hybridized carbons (Fsp3) is 0.667. The number of amides is 1. The lowest BCUT2D eigenvalue weighted by molar-refractivity contribution is -0.127. The first-order valence-corrected chi connectivity index (χ1v) is 9.84. The fourth-order valence-electron chi connectivity index (χ4n) is 1.95. The van der Waals surface area contributed by atoms with Crippen molar-refractivity contribution >= 4 is 23.2 Å². The third-order valence-electron chi connectivity index (χ3n) is 3.52. The highest BCUT2D eigenvalue weighted by molar-refractivity contribution is 7.09. The Bertz CT molecular complexity index is 489. The number of hydrogen-bond acceptors (Lipinski definition) is 4. The highest BCUT2D eigenvalue weighted by atomic mass is 32.1. The molecule has 1 amide bonds. The largest absolute Gasteiger partial charge is 0.381 e. The average molecular weight is 369 g/mol. The van der Waals surface area contributed by atoms with Crippen LogP contribution in [-0.4, -0.2) is 63.7 Å². The molecule has 0 unspecified atom stereocenters. The number of aliphatic imine (C=N–C) groups is 1. The van der Waals surface area contributed by atoms with Gasteiger partial charge in [0.2, 0.25) is 5.91 Å². The van der Waals surface area contributed by atoms with E-state index in [1.54, 1.807) is 30.3 Å². The van der Waals surface area contributed by atoms with E-state index in [4.69, 9.17) is 4.74 Å². The minimum absolute atomic E-state index is 0.0118. The van der Waals surface area contributed by atoms with Crippen molar-refractivity contribution < 1.29 is 9.53 Å². The molecule has 1 rings (SSSR count). The molecule has 0 aliphatic heterocycles. The van der Waals surface area contributed by atoms with Crippen LogP contribution in [0, 0.1) is 0 Å². The number of nitrogens with zero attached hydrogens (tertiary/aromatic N) is 2. The summed E-state index contributed by atoms with van der Waals surface area (Å²) in [5, 5.41) is 8.65. The molecular formula is C18H32N4O2S. The number of nitrogens with one attached hydrogen (secondary N) is 2. The predicted molar refractivity (Wildman–Crippen MR) is 105 cm³/mol. The van der Waals surface area contributed by atoms with Gasteiger partial charge in [-0.2, -0.15) is 0 Å². The van der Waals surface area contributed by atoms with E-state index in [9.17, 15) is 4.79 Å². The quantitative estimate of drug-likeness (QED) is 0.337. The van der Waals surface area contributed by atoms with E-state index in [1.807, 2.05) is 0 Å². The van der Waals surface area contributed by atoms with Gasteiger partial charge in [-0.1, -0.05) is 19.4 Å². The summed E-state index contributed by atoms with van der Waals surface area (Å²) in [5.74, 6) is 0.669. The first-order valence-electron chi connectivity index (χ1n) is 8.96. The van der Waals surface area contributed by atoms with Gasteiger partial charge in [-0.05, 0) is 30.7 Å². The highest BCUT2D eigenvalue weighted by Gasteiger charge is 2.04. The molecule has 2 N–H and O–H groups in total. The summed E-state index contributed by atoms with van der Waals surface area (Å²) in [7, 11) is 3.48. The van der Waals surface area contributed by atoms with Crippen LogP contribution in [0.15, 0.2) is 22.5 Å². The zero-order valence-corrected chi connectivity index (χ0v) is 16.5. The van der Waals surface area contributed by atoms with Gasteiger partial charge in [0.15, 0.2) is 5.96 Å². The molecule has 0 saturated carbocycles. The van der Waals surface area contributed by atoms with Gasteiger partial charge in [0.25, 0.3) is 0 Å². The van der Waals surface area contributed by atoms with Crippen molar-refractivity contribution in [2.24, 2.45) is 4.99 Å². The summed E-state index contributed by atoms with van der Waals surface area (Å²) >= 11 is 1.75. The Balaban J connectivity index is 2.33. The third kappa shape index (κ3) is 10.8. The standard InChI is InChI=1S/C18H32N4O2S/c1-4-5-12-24-13-7-10-19-18(21-15-17(23)22(2)3)20-11-9-16-8-6-14-25-16/h6,8,14H,4-5,7,9-13,15H2,1-3H3,(H2,19,20,21). The van der Waals surface area contributed by atoms with Crippen LogP contribution in [0.25, 0.3) is 0 Å². The lowest BCUT2D eigenvalue weighted by Gasteiger charge is -2.13. The van der Waals surface area contributed by atoms with Crippen LogP contribution in [0.1, 0.15) is 31.1 Å². The maximum atomic E-state index is 11.7. The van der Waals surface area contributed by atoms with Gasteiger partial charge in [0.1, 0.15) is 6.54 Å². The number of guanidine groups is 1. The predicted octanol–water partition coefficient (Wildman–Crippen LogP) is 2.12. The SMILES string of the molecule is CCCCOCCCNC(=NCC(=O)N(C)C)NCCc1cccs1. The molecule has 0 aromatic carbocycles. The molecule has 0 aliphatic rings. The molecular weight excluding hydrogens is 336 g/mol. The van der Waals surface area contributed by atoms with Crippen molar-refractivity contribution in [2.75, 3.05) is 46.9 Å². The number of rotatable bonds is 12. The Morgan fingerprint density at radius 1 is 1.24 bits per heavy atom. The zero-order chi connectivity index (χ0) is 18.3. The number of likely N-dealkylation sites (N-methyl/N-ethyl adjacent to an activating group) is 1. The second-order valence-corrected chi connectivity index (χ2v) is 6.99. The molecule has 0 spiro atoms. The molecule has 0 atom stereocenters. The molecule has 0 fully saturated rings. The topological polar surface area (TPSA) is 66.0 Å². The van der Waals surface area contributed by atoms with Crippen LogP contribution in [0.5, 0.6) is 0 Å². The van der Waals surface area contributed by atoms with Crippen LogP contribution in [-0.2, 0) is 16.0 Å². The zero-order valence-electron chi connectivity index (χ0n) is 15.7. The molecule has 0 bridgehead atoms. The summed E-state index contributed by atoms with van der Waals surface area (Å²) in [5.41, 5.74) is 0. The number of unbranched alkanes of at least 4 members (excludes halogenated alkanes) is 1. The molecule has 7 heteroatoms. The molecule has 6 nitrogen and oxygen atoms in total. The molecule has 25 heavy (non-hydrogen) atoms. The van der Waals surface area contributed by atoms with E-state index >= 15 is 0 Å². The van der Waals surface area contributed by atoms with Crippen molar-refractivity contribution in [3.8, 4) is 0 Å². The van der Waals surface area contributed by atoms with Gasteiger partial charge in [0, 0.05) is 45.3 Å². The van der Waals surface area contributed by atoms with Gasteiger partial charge in [0.05, 0.1) is 0 Å². The molecule has 0 aliphatic carbocycles. The molecule has 0 saturated heterocycles. The van der Waals surface area contributed by atoms with Crippen LogP contribution in [0.3, 0.4) is 0 Å². The maximum absolute atomic E-state index is 11.7. The highest BCUT2D eigenvalue weighted by Crippen LogP contribution is 2.07.